The number of aromatic nitrogens is 2. The molecule has 0 aliphatic rings. The monoisotopic (exact) mass is 383 g/mol. The minimum absolute atomic E-state index is 0.624. The summed E-state index contributed by atoms with van der Waals surface area (Å²) in [6.07, 6.45) is 1.82. The van der Waals surface area contributed by atoms with Crippen LogP contribution in [0.15, 0.2) is 71.3 Å². The molecule has 0 saturated carbocycles. The topological polar surface area (TPSA) is 63.1 Å². The lowest BCUT2D eigenvalue weighted by molar-refractivity contribution is 0.411. The van der Waals surface area contributed by atoms with Crippen LogP contribution in [0.1, 0.15) is 11.3 Å². The van der Waals surface area contributed by atoms with E-state index in [1.54, 1.807) is 7.11 Å². The number of nitrogens with zero attached hydrogens (tertiary/aromatic N) is 1. The minimum atomic E-state index is 0.624. The van der Waals surface area contributed by atoms with Crippen molar-refractivity contribution in [3.63, 3.8) is 0 Å². The van der Waals surface area contributed by atoms with Gasteiger partial charge in [-0.15, -0.1) is 0 Å². The smallest absolute Gasteiger partial charge is 0.135 e. The minimum Gasteiger partial charge on any atom is -0.496 e. The molecule has 5 heteroatoms. The van der Waals surface area contributed by atoms with Crippen molar-refractivity contribution < 1.29 is 9.15 Å². The van der Waals surface area contributed by atoms with Crippen LogP contribution in [0.3, 0.4) is 0 Å². The van der Waals surface area contributed by atoms with E-state index in [9.17, 15) is 0 Å². The third kappa shape index (κ3) is 3.10. The number of aromatic amines is 1. The zero-order valence-corrected chi connectivity index (χ0v) is 16.3. The number of hydrogen-bond donors (Lipinski definition) is 2. The molecule has 0 radical (unpaired) electrons. The second kappa shape index (κ2) is 7.02. The van der Waals surface area contributed by atoms with Gasteiger partial charge in [0.15, 0.2) is 0 Å². The maximum atomic E-state index is 6.10. The molecule has 29 heavy (non-hydrogen) atoms. The van der Waals surface area contributed by atoms with Crippen molar-refractivity contribution in [3.8, 4) is 16.9 Å². The summed E-state index contributed by atoms with van der Waals surface area (Å²) >= 11 is 0. The van der Waals surface area contributed by atoms with Gasteiger partial charge in [0.1, 0.15) is 17.1 Å². The molecule has 2 aromatic heterocycles. The van der Waals surface area contributed by atoms with Crippen LogP contribution in [-0.2, 0) is 6.54 Å². The first-order chi connectivity index (χ1) is 14.2. The highest BCUT2D eigenvalue weighted by atomic mass is 16.5. The number of methoxy groups -OCH3 is 1. The van der Waals surface area contributed by atoms with Gasteiger partial charge in [0, 0.05) is 34.1 Å². The number of hydrogen-bond acceptors (Lipinski definition) is 4. The van der Waals surface area contributed by atoms with Crippen LogP contribution in [0.2, 0.25) is 0 Å². The second-order valence-corrected chi connectivity index (χ2v) is 7.09. The van der Waals surface area contributed by atoms with Crippen molar-refractivity contribution in [2.24, 2.45) is 0 Å². The lowest BCUT2D eigenvalue weighted by atomic mass is 10.0. The summed E-state index contributed by atoms with van der Waals surface area (Å²) in [6.45, 7) is 2.63. The summed E-state index contributed by atoms with van der Waals surface area (Å²) in [7, 11) is 1.70. The highest BCUT2D eigenvalue weighted by Crippen LogP contribution is 2.38. The molecule has 0 bridgehead atoms. The quantitative estimate of drug-likeness (QED) is 0.396. The molecule has 0 unspecified atom stereocenters. The molecule has 0 amide bonds. The van der Waals surface area contributed by atoms with E-state index < -0.39 is 0 Å². The molecule has 0 atom stereocenters. The van der Waals surface area contributed by atoms with Crippen LogP contribution in [0.25, 0.3) is 33.0 Å². The Morgan fingerprint density at radius 2 is 1.93 bits per heavy atom. The number of ether oxygens (including phenoxy) is 1. The fourth-order valence-electron chi connectivity index (χ4n) is 3.82. The van der Waals surface area contributed by atoms with Gasteiger partial charge in [-0.25, -0.2) is 0 Å². The average Bonchev–Trinajstić information content (AvgIpc) is 3.34. The molecule has 3 aromatic carbocycles. The summed E-state index contributed by atoms with van der Waals surface area (Å²) in [5.41, 5.74) is 6.18. The van der Waals surface area contributed by atoms with Gasteiger partial charge in [-0.2, -0.15) is 5.10 Å². The van der Waals surface area contributed by atoms with E-state index in [-0.39, 0.29) is 0 Å². The first kappa shape index (κ1) is 17.4. The number of furan rings is 1. The first-order valence-electron chi connectivity index (χ1n) is 9.55. The predicted molar refractivity (Wildman–Crippen MR) is 116 cm³/mol. The van der Waals surface area contributed by atoms with Crippen LogP contribution in [0.5, 0.6) is 5.75 Å². The molecule has 2 heterocycles. The largest absolute Gasteiger partial charge is 0.496 e. The van der Waals surface area contributed by atoms with E-state index in [1.807, 2.05) is 43.5 Å². The van der Waals surface area contributed by atoms with E-state index >= 15 is 0 Å². The Kier molecular flexibility index (Phi) is 4.21. The Bertz CT molecular complexity index is 1300. The number of fused-ring (bicyclic) bond motifs is 2. The van der Waals surface area contributed by atoms with Gasteiger partial charge >= 0.3 is 0 Å². The van der Waals surface area contributed by atoms with Crippen LogP contribution >= 0.6 is 0 Å². The zero-order valence-electron chi connectivity index (χ0n) is 16.3. The molecule has 0 fully saturated rings. The summed E-state index contributed by atoms with van der Waals surface area (Å²) < 4.78 is 11.8. The lowest BCUT2D eigenvalue weighted by Gasteiger charge is -2.11. The highest BCUT2D eigenvalue weighted by Gasteiger charge is 2.16. The van der Waals surface area contributed by atoms with E-state index in [0.29, 0.717) is 6.54 Å². The van der Waals surface area contributed by atoms with Gasteiger partial charge < -0.3 is 14.5 Å². The Morgan fingerprint density at radius 3 is 2.76 bits per heavy atom. The van der Waals surface area contributed by atoms with Gasteiger partial charge in [-0.1, -0.05) is 30.3 Å². The Hall–Kier alpha value is -3.73. The van der Waals surface area contributed by atoms with Crippen molar-refractivity contribution in [2.45, 2.75) is 13.5 Å². The van der Waals surface area contributed by atoms with E-state index in [2.05, 4.69) is 45.8 Å². The third-order valence-electron chi connectivity index (χ3n) is 5.25. The van der Waals surface area contributed by atoms with Crippen LogP contribution in [0.4, 0.5) is 5.69 Å². The normalized spacial score (nSPS) is 11.2. The second-order valence-electron chi connectivity index (χ2n) is 7.09. The number of H-pyrrole nitrogens is 1. The van der Waals surface area contributed by atoms with Crippen molar-refractivity contribution in [2.75, 3.05) is 12.4 Å². The molecular formula is C24H21N3O2. The Labute approximate surface area is 168 Å². The standard InChI is InChI=1S/C24H21N3O2/c1-15-24(16-6-4-3-5-7-16)20-12-22(28-2)18(10-23(20)29-15)13-25-19-9-8-17-14-26-27-21(17)11-19/h3-12,14,25H,13H2,1-2H3,(H,26,27). The number of rotatable bonds is 5. The fourth-order valence-corrected chi connectivity index (χ4v) is 3.82. The SMILES string of the molecule is COc1cc2c(-c3ccccc3)c(C)oc2cc1CNc1ccc2cn[nH]c2c1. The molecule has 0 aliphatic heterocycles. The van der Waals surface area contributed by atoms with Gasteiger partial charge in [0.25, 0.3) is 0 Å². The number of aryl methyl sites for hydroxylation is 1. The maximum absolute atomic E-state index is 6.10. The van der Waals surface area contributed by atoms with Gasteiger partial charge in [0.05, 0.1) is 18.8 Å². The summed E-state index contributed by atoms with van der Waals surface area (Å²) in [6, 6.07) is 20.6. The zero-order chi connectivity index (χ0) is 19.8. The molecule has 5 aromatic rings. The lowest BCUT2D eigenvalue weighted by Crippen LogP contribution is -2.01. The van der Waals surface area contributed by atoms with Crippen LogP contribution in [0, 0.1) is 6.92 Å². The van der Waals surface area contributed by atoms with Crippen LogP contribution in [-0.4, -0.2) is 17.3 Å². The van der Waals surface area contributed by atoms with Crippen molar-refractivity contribution in [1.29, 1.82) is 0 Å². The number of anilines is 1. The molecule has 5 nitrogen and oxygen atoms in total. The molecule has 0 spiro atoms. The number of benzene rings is 3. The molecule has 5 rings (SSSR count). The Balaban J connectivity index is 1.50. The fraction of sp³-hybridized carbons (Fsp3) is 0.125. The van der Waals surface area contributed by atoms with E-state index in [4.69, 9.17) is 9.15 Å². The van der Waals surface area contributed by atoms with E-state index in [1.165, 1.54) is 0 Å². The van der Waals surface area contributed by atoms with Gasteiger partial charge in [-0.3, -0.25) is 5.10 Å². The molecule has 144 valence electrons. The molecule has 2 N–H and O–H groups in total. The maximum Gasteiger partial charge on any atom is 0.135 e. The average molecular weight is 383 g/mol. The summed E-state index contributed by atoms with van der Waals surface area (Å²) in [5, 5.41) is 12.7. The van der Waals surface area contributed by atoms with Crippen molar-refractivity contribution in [3.05, 3.63) is 78.2 Å². The van der Waals surface area contributed by atoms with Gasteiger partial charge in [0.2, 0.25) is 0 Å². The first-order valence-corrected chi connectivity index (χ1v) is 9.55. The highest BCUT2D eigenvalue weighted by molar-refractivity contribution is 5.97. The number of nitrogens with one attached hydrogen (secondary N) is 2. The third-order valence-corrected chi connectivity index (χ3v) is 5.25. The van der Waals surface area contributed by atoms with E-state index in [0.717, 1.165) is 55.8 Å². The predicted octanol–water partition coefficient (Wildman–Crippen LogP) is 5.91. The molecular weight excluding hydrogens is 362 g/mol. The van der Waals surface area contributed by atoms with Crippen LogP contribution < -0.4 is 10.1 Å². The van der Waals surface area contributed by atoms with Crippen molar-refractivity contribution in [1.82, 2.24) is 10.2 Å². The summed E-state index contributed by atoms with van der Waals surface area (Å²) in [4.78, 5) is 0. The summed E-state index contributed by atoms with van der Waals surface area (Å²) in [5.74, 6) is 1.74. The molecule has 0 aliphatic carbocycles. The van der Waals surface area contributed by atoms with Gasteiger partial charge in [-0.05, 0) is 42.8 Å². The Morgan fingerprint density at radius 1 is 1.07 bits per heavy atom. The van der Waals surface area contributed by atoms with Crippen molar-refractivity contribution >= 4 is 27.6 Å². The molecule has 0 saturated heterocycles.